The molecule has 1 aromatic rings. The average Bonchev–Trinajstić information content (AvgIpc) is 2.34. The molecule has 0 atom stereocenters. The summed E-state index contributed by atoms with van der Waals surface area (Å²) < 4.78 is 0. The molecule has 0 aliphatic rings. The minimum atomic E-state index is -0.00683. The van der Waals surface area contributed by atoms with Crippen LogP contribution in [0.1, 0.15) is 28.8 Å². The van der Waals surface area contributed by atoms with Crippen molar-refractivity contribution in [2.45, 2.75) is 19.4 Å². The molecule has 0 saturated heterocycles. The van der Waals surface area contributed by atoms with E-state index >= 15 is 0 Å². The lowest BCUT2D eigenvalue weighted by Crippen LogP contribution is -2.25. The van der Waals surface area contributed by atoms with Crippen molar-refractivity contribution in [2.75, 3.05) is 27.2 Å². The number of nitrogens with zero attached hydrogens (tertiary/aromatic N) is 1. The molecule has 4 heteroatoms. The van der Waals surface area contributed by atoms with Crippen LogP contribution in [-0.2, 0) is 6.54 Å². The van der Waals surface area contributed by atoms with Crippen molar-refractivity contribution >= 4 is 5.91 Å². The SMILES string of the molecule is CN(C)Cc1cccc(C(=O)NCCCCN)c1. The highest BCUT2D eigenvalue weighted by Gasteiger charge is 2.05. The van der Waals surface area contributed by atoms with Crippen LogP contribution in [0, 0.1) is 0 Å². The summed E-state index contributed by atoms with van der Waals surface area (Å²) in [6, 6.07) is 7.74. The van der Waals surface area contributed by atoms with E-state index in [1.54, 1.807) is 0 Å². The lowest BCUT2D eigenvalue weighted by Gasteiger charge is -2.11. The van der Waals surface area contributed by atoms with Crippen LogP contribution in [0.15, 0.2) is 24.3 Å². The van der Waals surface area contributed by atoms with Crippen LogP contribution < -0.4 is 11.1 Å². The van der Waals surface area contributed by atoms with E-state index in [4.69, 9.17) is 5.73 Å². The first-order valence-electron chi connectivity index (χ1n) is 6.35. The first-order chi connectivity index (χ1) is 8.63. The monoisotopic (exact) mass is 249 g/mol. The van der Waals surface area contributed by atoms with Crippen LogP contribution in [0.4, 0.5) is 0 Å². The van der Waals surface area contributed by atoms with Gasteiger partial charge in [0.05, 0.1) is 0 Å². The van der Waals surface area contributed by atoms with Gasteiger partial charge in [0, 0.05) is 18.7 Å². The maximum Gasteiger partial charge on any atom is 0.251 e. The Bertz CT molecular complexity index is 377. The largest absolute Gasteiger partial charge is 0.352 e. The van der Waals surface area contributed by atoms with E-state index < -0.39 is 0 Å². The molecule has 0 aromatic heterocycles. The van der Waals surface area contributed by atoms with E-state index in [1.165, 1.54) is 0 Å². The van der Waals surface area contributed by atoms with Crippen LogP contribution in [0.2, 0.25) is 0 Å². The summed E-state index contributed by atoms with van der Waals surface area (Å²) in [5, 5.41) is 2.91. The lowest BCUT2D eigenvalue weighted by atomic mass is 10.1. The van der Waals surface area contributed by atoms with Gasteiger partial charge in [-0.3, -0.25) is 4.79 Å². The van der Waals surface area contributed by atoms with E-state index in [2.05, 4.69) is 10.2 Å². The Balaban J connectivity index is 2.51. The van der Waals surface area contributed by atoms with Crippen LogP contribution in [0.3, 0.4) is 0 Å². The zero-order valence-electron chi connectivity index (χ0n) is 11.3. The van der Waals surface area contributed by atoms with Gasteiger partial charge in [-0.05, 0) is 51.2 Å². The Kier molecular flexibility index (Phi) is 6.39. The van der Waals surface area contributed by atoms with Gasteiger partial charge in [-0.15, -0.1) is 0 Å². The molecule has 100 valence electrons. The zero-order valence-corrected chi connectivity index (χ0v) is 11.3. The molecule has 18 heavy (non-hydrogen) atoms. The third-order valence-electron chi connectivity index (χ3n) is 2.60. The zero-order chi connectivity index (χ0) is 13.4. The molecule has 4 nitrogen and oxygen atoms in total. The standard InChI is InChI=1S/C14H23N3O/c1-17(2)11-12-6-5-7-13(10-12)14(18)16-9-4-3-8-15/h5-7,10H,3-4,8-9,11,15H2,1-2H3,(H,16,18). The van der Waals surface area contributed by atoms with Crippen molar-refractivity contribution in [2.24, 2.45) is 5.73 Å². The van der Waals surface area contributed by atoms with Crippen molar-refractivity contribution in [3.05, 3.63) is 35.4 Å². The van der Waals surface area contributed by atoms with Crippen molar-refractivity contribution in [1.29, 1.82) is 0 Å². The van der Waals surface area contributed by atoms with Crippen LogP contribution in [0.5, 0.6) is 0 Å². The molecule has 1 rings (SSSR count). The summed E-state index contributed by atoms with van der Waals surface area (Å²) in [5.74, 6) is -0.00683. The Morgan fingerprint density at radius 3 is 2.78 bits per heavy atom. The van der Waals surface area contributed by atoms with Crippen LogP contribution in [0.25, 0.3) is 0 Å². The Hall–Kier alpha value is -1.39. The second-order valence-corrected chi connectivity index (χ2v) is 4.69. The molecule has 1 aromatic carbocycles. The molecule has 0 spiro atoms. The Labute approximate surface area is 109 Å². The summed E-state index contributed by atoms with van der Waals surface area (Å²) in [5.41, 5.74) is 7.28. The molecule has 0 fully saturated rings. The first-order valence-corrected chi connectivity index (χ1v) is 6.35. The van der Waals surface area contributed by atoms with Gasteiger partial charge in [0.25, 0.3) is 5.91 Å². The number of nitrogens with two attached hydrogens (primary N) is 1. The third kappa shape index (κ3) is 5.29. The van der Waals surface area contributed by atoms with Gasteiger partial charge in [0.2, 0.25) is 0 Å². The minimum absolute atomic E-state index is 0.00683. The molecule has 3 N–H and O–H groups in total. The quantitative estimate of drug-likeness (QED) is 0.714. The van der Waals surface area contributed by atoms with Crippen molar-refractivity contribution in [1.82, 2.24) is 10.2 Å². The number of carbonyl (C=O) groups excluding carboxylic acids is 1. The number of hydrogen-bond acceptors (Lipinski definition) is 3. The Morgan fingerprint density at radius 1 is 1.33 bits per heavy atom. The van der Waals surface area contributed by atoms with Gasteiger partial charge < -0.3 is 16.0 Å². The fraction of sp³-hybridized carbons (Fsp3) is 0.500. The van der Waals surface area contributed by atoms with Crippen molar-refractivity contribution in [3.8, 4) is 0 Å². The number of carbonyl (C=O) groups is 1. The van der Waals surface area contributed by atoms with Crippen LogP contribution in [-0.4, -0.2) is 38.0 Å². The normalized spacial score (nSPS) is 10.7. The number of rotatable bonds is 7. The predicted octanol–water partition coefficient (Wildman–Crippen LogP) is 1.22. The van der Waals surface area contributed by atoms with E-state index in [9.17, 15) is 4.79 Å². The highest BCUT2D eigenvalue weighted by Crippen LogP contribution is 2.07. The third-order valence-corrected chi connectivity index (χ3v) is 2.60. The van der Waals surface area contributed by atoms with Gasteiger partial charge in [0.1, 0.15) is 0 Å². The number of unbranched alkanes of at least 4 members (excludes halogenated alkanes) is 1. The molecule has 0 aliphatic carbocycles. The second kappa shape index (κ2) is 7.84. The fourth-order valence-corrected chi connectivity index (χ4v) is 1.75. The van der Waals surface area contributed by atoms with Gasteiger partial charge in [-0.1, -0.05) is 12.1 Å². The molecule has 0 radical (unpaired) electrons. The molecular weight excluding hydrogens is 226 g/mol. The van der Waals surface area contributed by atoms with Crippen molar-refractivity contribution < 1.29 is 4.79 Å². The molecular formula is C14H23N3O. The summed E-state index contributed by atoms with van der Waals surface area (Å²) in [6.45, 7) is 2.20. The molecule has 0 bridgehead atoms. The fourth-order valence-electron chi connectivity index (χ4n) is 1.75. The number of benzene rings is 1. The number of hydrogen-bond donors (Lipinski definition) is 2. The van der Waals surface area contributed by atoms with Crippen molar-refractivity contribution in [3.63, 3.8) is 0 Å². The molecule has 0 saturated carbocycles. The first kappa shape index (κ1) is 14.7. The Morgan fingerprint density at radius 2 is 2.11 bits per heavy atom. The second-order valence-electron chi connectivity index (χ2n) is 4.69. The lowest BCUT2D eigenvalue weighted by molar-refractivity contribution is 0.0953. The topological polar surface area (TPSA) is 58.4 Å². The summed E-state index contributed by atoms with van der Waals surface area (Å²) in [6.07, 6.45) is 1.88. The predicted molar refractivity (Wildman–Crippen MR) is 74.5 cm³/mol. The highest BCUT2D eigenvalue weighted by atomic mass is 16.1. The smallest absolute Gasteiger partial charge is 0.251 e. The highest BCUT2D eigenvalue weighted by molar-refractivity contribution is 5.94. The van der Waals surface area contributed by atoms with Gasteiger partial charge in [-0.2, -0.15) is 0 Å². The molecule has 1 amide bonds. The average molecular weight is 249 g/mol. The van der Waals surface area contributed by atoms with Gasteiger partial charge >= 0.3 is 0 Å². The van der Waals surface area contributed by atoms with E-state index in [1.807, 2.05) is 38.4 Å². The summed E-state index contributed by atoms with van der Waals surface area (Å²) >= 11 is 0. The van der Waals surface area contributed by atoms with Gasteiger partial charge in [-0.25, -0.2) is 0 Å². The summed E-state index contributed by atoms with van der Waals surface area (Å²) in [4.78, 5) is 14.0. The van der Waals surface area contributed by atoms with Gasteiger partial charge in [0.15, 0.2) is 0 Å². The van der Waals surface area contributed by atoms with E-state index in [0.717, 1.165) is 30.5 Å². The van der Waals surface area contributed by atoms with E-state index in [0.29, 0.717) is 13.1 Å². The van der Waals surface area contributed by atoms with E-state index in [-0.39, 0.29) is 5.91 Å². The molecule has 0 unspecified atom stereocenters. The number of nitrogens with one attached hydrogen (secondary N) is 1. The molecule has 0 heterocycles. The summed E-state index contributed by atoms with van der Waals surface area (Å²) in [7, 11) is 4.03. The van der Waals surface area contributed by atoms with Crippen LogP contribution >= 0.6 is 0 Å². The number of amides is 1. The maximum absolute atomic E-state index is 11.9. The minimum Gasteiger partial charge on any atom is -0.352 e. The maximum atomic E-state index is 11.9. The molecule has 0 aliphatic heterocycles.